The maximum atomic E-state index is 12.2. The Bertz CT molecular complexity index is 467. The lowest BCUT2D eigenvalue weighted by Crippen LogP contribution is -2.33. The van der Waals surface area contributed by atoms with Gasteiger partial charge in [-0.3, -0.25) is 4.79 Å². The normalized spacial score (nSPS) is 11.3. The molecule has 0 aliphatic heterocycles. The number of rotatable bonds is 5. The first-order valence-electron chi connectivity index (χ1n) is 6.48. The Hall–Kier alpha value is -1.55. The molecule has 0 unspecified atom stereocenters. The van der Waals surface area contributed by atoms with Crippen LogP contribution in [0.1, 0.15) is 31.4 Å². The summed E-state index contributed by atoms with van der Waals surface area (Å²) in [5.41, 5.74) is 7.89. The molecule has 106 valence electrons. The molecule has 1 rings (SSSR count). The number of ether oxygens (including phenoxy) is 1. The predicted molar refractivity (Wildman–Crippen MR) is 78.6 cm³/mol. The topological polar surface area (TPSA) is 64.3 Å². The largest absolute Gasteiger partial charge is 0.496 e. The molecule has 0 aromatic heterocycles. The molecule has 0 saturated heterocycles. The van der Waals surface area contributed by atoms with Gasteiger partial charge in [-0.2, -0.15) is 0 Å². The third-order valence-electron chi connectivity index (χ3n) is 3.37. The molecular weight excluding hydrogens is 240 g/mol. The van der Waals surface area contributed by atoms with Crippen molar-refractivity contribution in [2.45, 2.75) is 34.1 Å². The number of nitrogens with two attached hydrogens (primary N) is 1. The van der Waals surface area contributed by atoms with Crippen molar-refractivity contribution in [1.82, 2.24) is 0 Å². The van der Waals surface area contributed by atoms with Gasteiger partial charge < -0.3 is 15.8 Å². The van der Waals surface area contributed by atoms with E-state index in [-0.39, 0.29) is 5.91 Å². The van der Waals surface area contributed by atoms with Crippen LogP contribution in [0.4, 0.5) is 5.69 Å². The van der Waals surface area contributed by atoms with Gasteiger partial charge in [0.2, 0.25) is 5.91 Å². The molecular formula is C15H24N2O2. The molecule has 0 saturated carbocycles. The zero-order valence-corrected chi connectivity index (χ0v) is 12.5. The Kier molecular flexibility index (Phi) is 4.95. The van der Waals surface area contributed by atoms with Crippen molar-refractivity contribution < 1.29 is 9.53 Å². The molecule has 0 aliphatic carbocycles. The van der Waals surface area contributed by atoms with E-state index < -0.39 is 5.41 Å². The summed E-state index contributed by atoms with van der Waals surface area (Å²) in [4.78, 5) is 12.2. The maximum Gasteiger partial charge on any atom is 0.230 e. The first-order valence-corrected chi connectivity index (χ1v) is 6.48. The molecule has 1 aromatic carbocycles. The molecule has 4 nitrogen and oxygen atoms in total. The number of hydrogen-bond acceptors (Lipinski definition) is 3. The number of anilines is 1. The van der Waals surface area contributed by atoms with Crippen LogP contribution in [0.5, 0.6) is 5.75 Å². The van der Waals surface area contributed by atoms with Crippen LogP contribution >= 0.6 is 0 Å². The number of methoxy groups -OCH3 is 1. The summed E-state index contributed by atoms with van der Waals surface area (Å²) in [6.45, 7) is 8.22. The summed E-state index contributed by atoms with van der Waals surface area (Å²) in [6.07, 6.45) is 0.660. The molecule has 0 bridgehead atoms. The summed E-state index contributed by atoms with van der Waals surface area (Å²) in [5, 5.41) is 2.98. The molecule has 0 atom stereocenters. The quantitative estimate of drug-likeness (QED) is 0.859. The Morgan fingerprint density at radius 1 is 1.32 bits per heavy atom. The van der Waals surface area contributed by atoms with Crippen LogP contribution in [-0.4, -0.2) is 19.6 Å². The second-order valence-electron chi connectivity index (χ2n) is 5.51. The van der Waals surface area contributed by atoms with Gasteiger partial charge in [0, 0.05) is 11.1 Å². The van der Waals surface area contributed by atoms with Gasteiger partial charge in [0.25, 0.3) is 0 Å². The third-order valence-corrected chi connectivity index (χ3v) is 3.37. The molecule has 1 amide bonds. The van der Waals surface area contributed by atoms with Crippen molar-refractivity contribution in [3.05, 3.63) is 23.3 Å². The minimum atomic E-state index is -0.463. The van der Waals surface area contributed by atoms with E-state index >= 15 is 0 Å². The minimum Gasteiger partial charge on any atom is -0.496 e. The van der Waals surface area contributed by atoms with Crippen LogP contribution in [0.25, 0.3) is 0 Å². The van der Waals surface area contributed by atoms with Crippen molar-refractivity contribution in [2.24, 2.45) is 11.1 Å². The fourth-order valence-electron chi connectivity index (χ4n) is 1.91. The second-order valence-corrected chi connectivity index (χ2v) is 5.51. The number of benzene rings is 1. The maximum absolute atomic E-state index is 12.2. The van der Waals surface area contributed by atoms with E-state index in [0.717, 1.165) is 22.6 Å². The smallest absolute Gasteiger partial charge is 0.230 e. The highest BCUT2D eigenvalue weighted by Crippen LogP contribution is 2.28. The Morgan fingerprint density at radius 3 is 2.47 bits per heavy atom. The Balaban J connectivity index is 2.94. The molecule has 0 fully saturated rings. The molecule has 0 heterocycles. The van der Waals surface area contributed by atoms with Gasteiger partial charge in [0.1, 0.15) is 5.75 Å². The number of hydrogen-bond donors (Lipinski definition) is 2. The van der Waals surface area contributed by atoms with Gasteiger partial charge in [0.05, 0.1) is 7.11 Å². The third kappa shape index (κ3) is 3.70. The first kappa shape index (κ1) is 15.5. The summed E-state index contributed by atoms with van der Waals surface area (Å²) in [7, 11) is 1.64. The van der Waals surface area contributed by atoms with E-state index in [1.807, 2.05) is 39.8 Å². The molecule has 1 aromatic rings. The van der Waals surface area contributed by atoms with Gasteiger partial charge in [-0.15, -0.1) is 0 Å². The second kappa shape index (κ2) is 6.06. The number of carbonyl (C=O) groups is 1. The highest BCUT2D eigenvalue weighted by molar-refractivity contribution is 5.95. The van der Waals surface area contributed by atoms with E-state index in [1.165, 1.54) is 0 Å². The zero-order valence-electron chi connectivity index (χ0n) is 12.5. The van der Waals surface area contributed by atoms with Crippen LogP contribution in [0.3, 0.4) is 0 Å². The lowest BCUT2D eigenvalue weighted by Gasteiger charge is -2.23. The number of amides is 1. The van der Waals surface area contributed by atoms with Gasteiger partial charge in [-0.25, -0.2) is 0 Å². The Labute approximate surface area is 115 Å². The standard InChI is InChI=1S/C15H24N2O2/c1-10-9-13(19-5)11(2)8-12(10)17-14(18)15(3,4)6-7-16/h8-9H,6-7,16H2,1-5H3,(H,17,18). The van der Waals surface area contributed by atoms with Crippen LogP contribution in [-0.2, 0) is 4.79 Å². The molecule has 19 heavy (non-hydrogen) atoms. The monoisotopic (exact) mass is 264 g/mol. The molecule has 0 radical (unpaired) electrons. The van der Waals surface area contributed by atoms with Gasteiger partial charge >= 0.3 is 0 Å². The van der Waals surface area contributed by atoms with Crippen LogP contribution in [0, 0.1) is 19.3 Å². The molecule has 4 heteroatoms. The van der Waals surface area contributed by atoms with Crippen LogP contribution < -0.4 is 15.8 Å². The van der Waals surface area contributed by atoms with Crippen molar-refractivity contribution in [3.63, 3.8) is 0 Å². The van der Waals surface area contributed by atoms with Crippen molar-refractivity contribution in [3.8, 4) is 5.75 Å². The summed E-state index contributed by atoms with van der Waals surface area (Å²) in [5.74, 6) is 0.822. The lowest BCUT2D eigenvalue weighted by molar-refractivity contribution is -0.124. The highest BCUT2D eigenvalue weighted by atomic mass is 16.5. The van der Waals surface area contributed by atoms with Gasteiger partial charge in [0.15, 0.2) is 0 Å². The van der Waals surface area contributed by atoms with E-state index in [4.69, 9.17) is 10.5 Å². The summed E-state index contributed by atoms with van der Waals surface area (Å²) in [6, 6.07) is 3.87. The van der Waals surface area contributed by atoms with Crippen LogP contribution in [0.15, 0.2) is 12.1 Å². The van der Waals surface area contributed by atoms with Crippen molar-refractivity contribution in [2.75, 3.05) is 19.0 Å². The van der Waals surface area contributed by atoms with E-state index in [2.05, 4.69) is 5.32 Å². The number of aryl methyl sites for hydroxylation is 2. The van der Waals surface area contributed by atoms with Crippen molar-refractivity contribution in [1.29, 1.82) is 0 Å². The first-order chi connectivity index (χ1) is 8.81. The average Bonchev–Trinajstić information content (AvgIpc) is 2.33. The average molecular weight is 264 g/mol. The summed E-state index contributed by atoms with van der Waals surface area (Å²) >= 11 is 0. The zero-order chi connectivity index (χ0) is 14.6. The molecule has 0 spiro atoms. The fourth-order valence-corrected chi connectivity index (χ4v) is 1.91. The van der Waals surface area contributed by atoms with Crippen LogP contribution in [0.2, 0.25) is 0 Å². The van der Waals surface area contributed by atoms with E-state index in [0.29, 0.717) is 13.0 Å². The van der Waals surface area contributed by atoms with Gasteiger partial charge in [-0.1, -0.05) is 13.8 Å². The SMILES string of the molecule is COc1cc(C)c(NC(=O)C(C)(C)CCN)cc1C. The highest BCUT2D eigenvalue weighted by Gasteiger charge is 2.27. The minimum absolute atomic E-state index is 0.00869. The summed E-state index contributed by atoms with van der Waals surface area (Å²) < 4.78 is 5.26. The Morgan fingerprint density at radius 2 is 1.95 bits per heavy atom. The predicted octanol–water partition coefficient (Wildman–Crippen LogP) is 2.63. The fraction of sp³-hybridized carbons (Fsp3) is 0.533. The number of nitrogens with one attached hydrogen (secondary N) is 1. The molecule has 3 N–H and O–H groups in total. The number of carbonyl (C=O) groups excluding carboxylic acids is 1. The molecule has 0 aliphatic rings. The van der Waals surface area contributed by atoms with E-state index in [1.54, 1.807) is 7.11 Å². The van der Waals surface area contributed by atoms with Gasteiger partial charge in [-0.05, 0) is 50.1 Å². The lowest BCUT2D eigenvalue weighted by atomic mass is 9.88. The van der Waals surface area contributed by atoms with Crippen molar-refractivity contribution >= 4 is 11.6 Å². The van der Waals surface area contributed by atoms with E-state index in [9.17, 15) is 4.79 Å².